The van der Waals surface area contributed by atoms with Crippen LogP contribution in [0.4, 0.5) is 5.69 Å². The van der Waals surface area contributed by atoms with Crippen LogP contribution >= 0.6 is 11.8 Å². The third kappa shape index (κ3) is 4.59. The predicted molar refractivity (Wildman–Crippen MR) is 80.2 cm³/mol. The molecule has 0 heterocycles. The zero-order valence-electron chi connectivity index (χ0n) is 11.3. The molecule has 1 rings (SSSR count). The number of methoxy groups -OCH3 is 1. The number of thioether (sulfide) groups is 1. The molecular formula is C12H20N2O3S2. The third-order valence-electron chi connectivity index (χ3n) is 2.63. The van der Waals surface area contributed by atoms with Crippen molar-refractivity contribution in [3.8, 4) is 5.75 Å². The summed E-state index contributed by atoms with van der Waals surface area (Å²) in [5.74, 6) is 1.27. The van der Waals surface area contributed by atoms with Gasteiger partial charge in [-0.25, -0.2) is 13.1 Å². The lowest BCUT2D eigenvalue weighted by Crippen LogP contribution is -2.33. The Hall–Kier alpha value is -0.920. The van der Waals surface area contributed by atoms with E-state index in [0.717, 1.165) is 12.2 Å². The summed E-state index contributed by atoms with van der Waals surface area (Å²) in [4.78, 5) is 0.162. The quantitative estimate of drug-likeness (QED) is 0.749. The van der Waals surface area contributed by atoms with E-state index in [1.807, 2.05) is 13.2 Å². The van der Waals surface area contributed by atoms with Crippen molar-refractivity contribution < 1.29 is 13.2 Å². The number of sulfonamides is 1. The van der Waals surface area contributed by atoms with Crippen LogP contribution in [0.1, 0.15) is 13.3 Å². The van der Waals surface area contributed by atoms with Crippen LogP contribution in [0.5, 0.6) is 5.75 Å². The summed E-state index contributed by atoms with van der Waals surface area (Å²) in [6, 6.07) is 4.32. The summed E-state index contributed by atoms with van der Waals surface area (Å²) in [6.07, 6.45) is 2.78. The van der Waals surface area contributed by atoms with Gasteiger partial charge < -0.3 is 10.5 Å². The monoisotopic (exact) mass is 304 g/mol. The normalized spacial score (nSPS) is 13.2. The summed E-state index contributed by atoms with van der Waals surface area (Å²) in [7, 11) is -2.08. The maximum absolute atomic E-state index is 12.2. The van der Waals surface area contributed by atoms with Gasteiger partial charge in [-0.15, -0.1) is 0 Å². The molecule has 19 heavy (non-hydrogen) atoms. The van der Waals surface area contributed by atoms with Gasteiger partial charge in [0.15, 0.2) is 0 Å². The van der Waals surface area contributed by atoms with Gasteiger partial charge in [0.1, 0.15) is 5.75 Å². The first-order chi connectivity index (χ1) is 8.90. The molecule has 1 atom stereocenters. The van der Waals surface area contributed by atoms with Gasteiger partial charge in [-0.2, -0.15) is 11.8 Å². The van der Waals surface area contributed by atoms with E-state index in [1.54, 1.807) is 11.8 Å². The molecule has 0 aliphatic rings. The van der Waals surface area contributed by atoms with Gasteiger partial charge in [0.2, 0.25) is 10.0 Å². The molecule has 0 radical (unpaired) electrons. The minimum atomic E-state index is -3.53. The largest absolute Gasteiger partial charge is 0.495 e. The number of nitrogens with one attached hydrogen (secondary N) is 1. The van der Waals surface area contributed by atoms with Crippen LogP contribution in [0, 0.1) is 0 Å². The van der Waals surface area contributed by atoms with Crippen molar-refractivity contribution in [3.63, 3.8) is 0 Å². The molecule has 1 aromatic rings. The minimum absolute atomic E-state index is 0.110. The van der Waals surface area contributed by atoms with Gasteiger partial charge in [-0.05, 0) is 37.5 Å². The first-order valence-corrected chi connectivity index (χ1v) is 8.73. The van der Waals surface area contributed by atoms with Gasteiger partial charge >= 0.3 is 0 Å². The summed E-state index contributed by atoms with van der Waals surface area (Å²) in [6.45, 7) is 1.85. The van der Waals surface area contributed by atoms with Gasteiger partial charge in [-0.1, -0.05) is 0 Å². The molecule has 3 N–H and O–H groups in total. The zero-order valence-corrected chi connectivity index (χ0v) is 13.0. The number of hydrogen-bond donors (Lipinski definition) is 2. The molecule has 0 aromatic heterocycles. The van der Waals surface area contributed by atoms with Gasteiger partial charge in [0, 0.05) is 12.1 Å². The highest BCUT2D eigenvalue weighted by Gasteiger charge is 2.18. The molecule has 1 aromatic carbocycles. The predicted octanol–water partition coefficient (Wildman–Crippen LogP) is 1.70. The average Bonchev–Trinajstić information content (AvgIpc) is 2.36. The van der Waals surface area contributed by atoms with Crippen LogP contribution in [0.25, 0.3) is 0 Å². The van der Waals surface area contributed by atoms with Crippen LogP contribution in [-0.2, 0) is 10.0 Å². The van der Waals surface area contributed by atoms with Crippen molar-refractivity contribution in [1.82, 2.24) is 4.72 Å². The average molecular weight is 304 g/mol. The molecule has 0 bridgehead atoms. The van der Waals surface area contributed by atoms with Crippen molar-refractivity contribution in [2.24, 2.45) is 0 Å². The SMILES string of the molecule is COc1cc(S(=O)(=O)NC(C)CCSC)ccc1N. The van der Waals surface area contributed by atoms with Crippen molar-refractivity contribution in [2.45, 2.75) is 24.3 Å². The minimum Gasteiger partial charge on any atom is -0.495 e. The molecule has 0 fully saturated rings. The van der Waals surface area contributed by atoms with E-state index in [2.05, 4.69) is 4.72 Å². The van der Waals surface area contributed by atoms with E-state index in [0.29, 0.717) is 11.4 Å². The van der Waals surface area contributed by atoms with Gasteiger partial charge in [0.25, 0.3) is 0 Å². The molecule has 7 heteroatoms. The zero-order chi connectivity index (χ0) is 14.5. The maximum Gasteiger partial charge on any atom is 0.240 e. The Balaban J connectivity index is 2.88. The Morgan fingerprint density at radius 3 is 2.74 bits per heavy atom. The number of benzene rings is 1. The molecule has 108 valence electrons. The number of rotatable bonds is 7. The highest BCUT2D eigenvalue weighted by Crippen LogP contribution is 2.24. The standard InChI is InChI=1S/C12H20N2O3S2/c1-9(6-7-18-3)14-19(15,16)10-4-5-11(13)12(8-10)17-2/h4-5,8-9,14H,6-7,13H2,1-3H3. The Labute approximate surface area is 119 Å². The smallest absolute Gasteiger partial charge is 0.240 e. The lowest BCUT2D eigenvalue weighted by atomic mass is 10.3. The van der Waals surface area contributed by atoms with E-state index in [-0.39, 0.29) is 10.9 Å². The van der Waals surface area contributed by atoms with E-state index in [1.165, 1.54) is 25.3 Å². The maximum atomic E-state index is 12.2. The summed E-state index contributed by atoms with van der Waals surface area (Å²) in [5.41, 5.74) is 6.08. The molecule has 0 aliphatic heterocycles. The van der Waals surface area contributed by atoms with Gasteiger partial charge in [0.05, 0.1) is 17.7 Å². The highest BCUT2D eigenvalue weighted by atomic mass is 32.2. The lowest BCUT2D eigenvalue weighted by molar-refractivity contribution is 0.415. The summed E-state index contributed by atoms with van der Waals surface area (Å²) < 4.78 is 32.0. The molecule has 0 saturated carbocycles. The molecule has 0 spiro atoms. The molecular weight excluding hydrogens is 284 g/mol. The number of nitrogen functional groups attached to an aromatic ring is 1. The van der Waals surface area contributed by atoms with Crippen LogP contribution in [-0.4, -0.2) is 33.6 Å². The molecule has 1 unspecified atom stereocenters. The van der Waals surface area contributed by atoms with Crippen LogP contribution in [0.2, 0.25) is 0 Å². The Kier molecular flexibility index (Phi) is 5.96. The van der Waals surface area contributed by atoms with Crippen LogP contribution in [0.15, 0.2) is 23.1 Å². The molecule has 0 aliphatic carbocycles. The van der Waals surface area contributed by atoms with E-state index >= 15 is 0 Å². The second-order valence-electron chi connectivity index (χ2n) is 4.21. The van der Waals surface area contributed by atoms with Crippen LogP contribution < -0.4 is 15.2 Å². The number of nitrogens with two attached hydrogens (primary N) is 1. The number of hydrogen-bond acceptors (Lipinski definition) is 5. The van der Waals surface area contributed by atoms with Gasteiger partial charge in [-0.3, -0.25) is 0 Å². The Bertz CT molecular complexity index is 518. The summed E-state index contributed by atoms with van der Waals surface area (Å²) in [5, 5.41) is 0. The number of anilines is 1. The van der Waals surface area contributed by atoms with E-state index in [4.69, 9.17) is 10.5 Å². The van der Waals surface area contributed by atoms with Crippen molar-refractivity contribution in [1.29, 1.82) is 0 Å². The molecule has 0 saturated heterocycles. The summed E-state index contributed by atoms with van der Waals surface area (Å²) >= 11 is 1.69. The van der Waals surface area contributed by atoms with Crippen molar-refractivity contribution in [2.75, 3.05) is 24.9 Å². The second-order valence-corrected chi connectivity index (χ2v) is 6.91. The van der Waals surface area contributed by atoms with Crippen molar-refractivity contribution >= 4 is 27.5 Å². The van der Waals surface area contributed by atoms with E-state index in [9.17, 15) is 8.42 Å². The van der Waals surface area contributed by atoms with Crippen LogP contribution in [0.3, 0.4) is 0 Å². The topological polar surface area (TPSA) is 81.4 Å². The Morgan fingerprint density at radius 1 is 1.47 bits per heavy atom. The lowest BCUT2D eigenvalue weighted by Gasteiger charge is -2.14. The first kappa shape index (κ1) is 16.1. The number of ether oxygens (including phenoxy) is 1. The fourth-order valence-corrected chi connectivity index (χ4v) is 3.43. The highest BCUT2D eigenvalue weighted by molar-refractivity contribution is 7.98. The third-order valence-corrected chi connectivity index (χ3v) is 4.86. The fourth-order valence-electron chi connectivity index (χ4n) is 1.55. The molecule has 5 nitrogen and oxygen atoms in total. The Morgan fingerprint density at radius 2 is 2.16 bits per heavy atom. The van der Waals surface area contributed by atoms with E-state index < -0.39 is 10.0 Å². The van der Waals surface area contributed by atoms with Crippen molar-refractivity contribution in [3.05, 3.63) is 18.2 Å². The molecule has 0 amide bonds. The fraction of sp³-hybridized carbons (Fsp3) is 0.500. The second kappa shape index (κ2) is 7.02. The first-order valence-electron chi connectivity index (χ1n) is 5.85.